The zero-order chi connectivity index (χ0) is 17.9. The van der Waals surface area contributed by atoms with E-state index >= 15 is 0 Å². The summed E-state index contributed by atoms with van der Waals surface area (Å²) in [6.07, 6.45) is 0. The molecule has 1 heterocycles. The van der Waals surface area contributed by atoms with Crippen LogP contribution in [0.4, 0.5) is 0 Å². The Hall–Kier alpha value is -1.39. The molecule has 1 aromatic carbocycles. The number of carbonyl (C=O) groups is 1. The first-order valence-corrected chi connectivity index (χ1v) is 9.50. The molecular weight excluding hydrogens is 340 g/mol. The average molecular weight is 365 g/mol. The number of hydrogen-bond acceptors (Lipinski definition) is 3. The number of halogens is 1. The van der Waals surface area contributed by atoms with Gasteiger partial charge in [-0.1, -0.05) is 57.5 Å². The molecule has 1 amide bonds. The molecule has 2 rings (SSSR count). The molecular formula is C19H25ClN2OS. The normalized spacial score (nSPS) is 11.3. The van der Waals surface area contributed by atoms with E-state index in [9.17, 15) is 4.79 Å². The molecule has 0 radical (unpaired) electrons. The quantitative estimate of drug-likeness (QED) is 0.675. The molecule has 0 saturated carbocycles. The van der Waals surface area contributed by atoms with E-state index in [4.69, 9.17) is 11.6 Å². The van der Waals surface area contributed by atoms with Crippen molar-refractivity contribution in [2.45, 2.75) is 34.6 Å². The molecule has 0 unspecified atom stereocenters. The van der Waals surface area contributed by atoms with Crippen LogP contribution in [0.1, 0.15) is 43.1 Å². The lowest BCUT2D eigenvalue weighted by molar-refractivity contribution is 0.0719. The summed E-state index contributed by atoms with van der Waals surface area (Å²) in [5.41, 5.74) is 1.66. The zero-order valence-corrected chi connectivity index (χ0v) is 16.5. The molecule has 0 aliphatic heterocycles. The molecule has 0 saturated heterocycles. The lowest BCUT2D eigenvalue weighted by Crippen LogP contribution is -2.36. The van der Waals surface area contributed by atoms with E-state index in [0.29, 0.717) is 21.7 Å². The van der Waals surface area contributed by atoms with Gasteiger partial charge in [-0.3, -0.25) is 4.79 Å². The third-order valence-corrected chi connectivity index (χ3v) is 5.06. The van der Waals surface area contributed by atoms with Crippen LogP contribution in [0.5, 0.6) is 0 Å². The summed E-state index contributed by atoms with van der Waals surface area (Å²) in [6, 6.07) is 7.61. The van der Waals surface area contributed by atoms with Crippen molar-refractivity contribution < 1.29 is 4.79 Å². The Labute approximate surface area is 153 Å². The number of thiazole rings is 1. The van der Waals surface area contributed by atoms with E-state index in [1.54, 1.807) is 0 Å². The molecule has 0 aliphatic carbocycles. The van der Waals surface area contributed by atoms with Crippen LogP contribution < -0.4 is 0 Å². The molecule has 3 nitrogen and oxygen atoms in total. The van der Waals surface area contributed by atoms with E-state index in [-0.39, 0.29) is 5.91 Å². The summed E-state index contributed by atoms with van der Waals surface area (Å²) in [5, 5.41) is 1.46. The van der Waals surface area contributed by atoms with E-state index in [2.05, 4.69) is 32.7 Å². The van der Waals surface area contributed by atoms with Gasteiger partial charge in [0.25, 0.3) is 5.91 Å². The third-order valence-electron chi connectivity index (χ3n) is 3.55. The summed E-state index contributed by atoms with van der Waals surface area (Å²) in [5.74, 6) is 0.943. The van der Waals surface area contributed by atoms with Gasteiger partial charge in [-0.2, -0.15) is 0 Å². The Morgan fingerprint density at radius 1 is 1.17 bits per heavy atom. The molecule has 24 heavy (non-hydrogen) atoms. The summed E-state index contributed by atoms with van der Waals surface area (Å²) in [4.78, 5) is 20.3. The zero-order valence-electron chi connectivity index (χ0n) is 15.0. The van der Waals surface area contributed by atoms with E-state index < -0.39 is 0 Å². The summed E-state index contributed by atoms with van der Waals surface area (Å²) < 4.78 is 0. The van der Waals surface area contributed by atoms with Crippen molar-refractivity contribution >= 4 is 28.8 Å². The fourth-order valence-electron chi connectivity index (χ4n) is 2.61. The molecule has 0 aliphatic rings. The number of nitrogens with zero attached hydrogens (tertiary/aromatic N) is 2. The maximum absolute atomic E-state index is 13.0. The second kappa shape index (κ2) is 8.13. The van der Waals surface area contributed by atoms with Gasteiger partial charge in [-0.25, -0.2) is 4.98 Å². The maximum atomic E-state index is 13.0. The molecule has 1 aromatic heterocycles. The molecule has 0 spiro atoms. The van der Waals surface area contributed by atoms with Gasteiger partial charge in [0.2, 0.25) is 0 Å². The number of benzene rings is 1. The Morgan fingerprint density at radius 3 is 2.29 bits per heavy atom. The highest BCUT2D eigenvalue weighted by Crippen LogP contribution is 2.33. The number of carbonyl (C=O) groups excluding carboxylic acids is 1. The molecule has 0 fully saturated rings. The molecule has 2 aromatic rings. The minimum absolute atomic E-state index is 0.0747. The first kappa shape index (κ1) is 18.9. The van der Waals surface area contributed by atoms with Gasteiger partial charge < -0.3 is 4.90 Å². The Balaban J connectivity index is 2.33. The van der Waals surface area contributed by atoms with Crippen molar-refractivity contribution in [1.29, 1.82) is 0 Å². The lowest BCUT2D eigenvalue weighted by atomic mass is 10.1. The largest absolute Gasteiger partial charge is 0.337 e. The van der Waals surface area contributed by atoms with E-state index in [1.807, 2.05) is 36.1 Å². The number of aryl methyl sites for hydroxylation is 1. The minimum atomic E-state index is 0.0747. The highest BCUT2D eigenvalue weighted by Gasteiger charge is 2.23. The van der Waals surface area contributed by atoms with Gasteiger partial charge in [0.15, 0.2) is 0 Å². The van der Waals surface area contributed by atoms with Crippen LogP contribution in [-0.4, -0.2) is 28.9 Å². The van der Waals surface area contributed by atoms with E-state index in [1.165, 1.54) is 11.3 Å². The molecule has 0 bridgehead atoms. The first-order valence-electron chi connectivity index (χ1n) is 8.31. The maximum Gasteiger partial charge on any atom is 0.265 e. The Morgan fingerprint density at radius 2 is 1.75 bits per heavy atom. The van der Waals surface area contributed by atoms with Gasteiger partial charge in [-0.05, 0) is 24.8 Å². The molecule has 0 N–H and O–H groups in total. The predicted octanol–water partition coefficient (Wildman–Crippen LogP) is 5.53. The minimum Gasteiger partial charge on any atom is -0.337 e. The van der Waals surface area contributed by atoms with Crippen molar-refractivity contribution in [2.24, 2.45) is 11.8 Å². The number of hydrogen-bond donors (Lipinski definition) is 0. The van der Waals surface area contributed by atoms with Crippen LogP contribution >= 0.6 is 22.9 Å². The van der Waals surface area contributed by atoms with Gasteiger partial charge in [0.05, 0.1) is 10.7 Å². The van der Waals surface area contributed by atoms with Crippen molar-refractivity contribution in [3.63, 3.8) is 0 Å². The standard InChI is InChI=1S/C19H25ClN2OS/c1-12(2)10-22(11-13(3)4)19(23)17-14(5)21-18(24-17)15-8-6-7-9-16(15)20/h6-9,12-13H,10-11H2,1-5H3. The summed E-state index contributed by atoms with van der Waals surface area (Å²) in [7, 11) is 0. The highest BCUT2D eigenvalue weighted by atomic mass is 35.5. The monoisotopic (exact) mass is 364 g/mol. The van der Waals surface area contributed by atoms with Crippen molar-refractivity contribution in [3.8, 4) is 10.6 Å². The lowest BCUT2D eigenvalue weighted by Gasteiger charge is -2.26. The second-order valence-electron chi connectivity index (χ2n) is 6.91. The molecule has 130 valence electrons. The van der Waals surface area contributed by atoms with Gasteiger partial charge in [-0.15, -0.1) is 11.3 Å². The van der Waals surface area contributed by atoms with Crippen LogP contribution in [0, 0.1) is 18.8 Å². The predicted molar refractivity (Wildman–Crippen MR) is 103 cm³/mol. The average Bonchev–Trinajstić information content (AvgIpc) is 2.87. The van der Waals surface area contributed by atoms with Crippen LogP contribution in [-0.2, 0) is 0 Å². The number of rotatable bonds is 6. The van der Waals surface area contributed by atoms with Crippen molar-refractivity contribution in [1.82, 2.24) is 9.88 Å². The van der Waals surface area contributed by atoms with Gasteiger partial charge >= 0.3 is 0 Å². The van der Waals surface area contributed by atoms with Crippen molar-refractivity contribution in [2.75, 3.05) is 13.1 Å². The Kier molecular flexibility index (Phi) is 6.41. The Bertz CT molecular complexity index is 699. The fraction of sp³-hybridized carbons (Fsp3) is 0.474. The third kappa shape index (κ3) is 4.58. The number of amides is 1. The second-order valence-corrected chi connectivity index (χ2v) is 8.32. The smallest absolute Gasteiger partial charge is 0.265 e. The summed E-state index contributed by atoms with van der Waals surface area (Å²) in [6.45, 7) is 12.0. The van der Waals surface area contributed by atoms with Gasteiger partial charge in [0, 0.05) is 18.7 Å². The van der Waals surface area contributed by atoms with E-state index in [0.717, 1.165) is 29.4 Å². The number of aromatic nitrogens is 1. The van der Waals surface area contributed by atoms with Crippen LogP contribution in [0.15, 0.2) is 24.3 Å². The van der Waals surface area contributed by atoms with Crippen molar-refractivity contribution in [3.05, 3.63) is 39.9 Å². The molecule has 0 atom stereocenters. The fourth-order valence-corrected chi connectivity index (χ4v) is 3.97. The highest BCUT2D eigenvalue weighted by molar-refractivity contribution is 7.17. The first-order chi connectivity index (χ1) is 11.3. The summed E-state index contributed by atoms with van der Waals surface area (Å²) >= 11 is 7.70. The van der Waals surface area contributed by atoms with Crippen LogP contribution in [0.25, 0.3) is 10.6 Å². The topological polar surface area (TPSA) is 33.2 Å². The van der Waals surface area contributed by atoms with Crippen LogP contribution in [0.2, 0.25) is 5.02 Å². The van der Waals surface area contributed by atoms with Gasteiger partial charge in [0.1, 0.15) is 9.88 Å². The van der Waals surface area contributed by atoms with Crippen LogP contribution in [0.3, 0.4) is 0 Å². The SMILES string of the molecule is Cc1nc(-c2ccccc2Cl)sc1C(=O)N(CC(C)C)CC(C)C. The molecule has 5 heteroatoms.